The number of ether oxygens (including phenoxy) is 4. The second-order valence-corrected chi connectivity index (χ2v) is 7.26. The molecule has 1 aromatic carbocycles. The van der Waals surface area contributed by atoms with Crippen LogP contribution in [-0.4, -0.2) is 31.4 Å². The molecule has 0 N–H and O–H groups in total. The van der Waals surface area contributed by atoms with Crippen molar-refractivity contribution in [1.29, 1.82) is 0 Å². The van der Waals surface area contributed by atoms with Crippen LogP contribution in [0.15, 0.2) is 12.1 Å². The Balaban J connectivity index is 2.93. The fraction of sp³-hybridized carbons (Fsp3) is 0.650. The van der Waals surface area contributed by atoms with E-state index in [-0.39, 0.29) is 24.0 Å². The van der Waals surface area contributed by atoms with Crippen molar-refractivity contribution in [2.45, 2.75) is 59.9 Å². The summed E-state index contributed by atoms with van der Waals surface area (Å²) in [5.41, 5.74) is 0.168. The molecule has 0 amide bonds. The molecule has 0 saturated heterocycles. The fourth-order valence-electron chi connectivity index (χ4n) is 2.78. The molecular weight excluding hydrogens is 366 g/mol. The minimum Gasteiger partial charge on any atom is -0.493 e. The minimum absolute atomic E-state index is 0.0918. The largest absolute Gasteiger partial charge is 0.493 e. The number of esters is 1. The third-order valence-corrected chi connectivity index (χ3v) is 4.34. The average molecular weight is 397 g/mol. The quantitative estimate of drug-likeness (QED) is 0.222. The van der Waals surface area contributed by atoms with Crippen molar-refractivity contribution in [1.82, 2.24) is 0 Å². The molecule has 2 unspecified atom stereocenters. The van der Waals surface area contributed by atoms with E-state index in [1.807, 2.05) is 0 Å². The number of rotatable bonds is 12. The molecule has 1 rings (SSSR count). The van der Waals surface area contributed by atoms with Crippen LogP contribution in [0, 0.1) is 22.0 Å². The highest BCUT2D eigenvalue weighted by Gasteiger charge is 2.23. The van der Waals surface area contributed by atoms with E-state index in [4.69, 9.17) is 18.9 Å². The fourth-order valence-corrected chi connectivity index (χ4v) is 2.78. The summed E-state index contributed by atoms with van der Waals surface area (Å²) in [6, 6.07) is 2.80. The van der Waals surface area contributed by atoms with Crippen LogP contribution in [0.4, 0.5) is 5.69 Å². The summed E-state index contributed by atoms with van der Waals surface area (Å²) >= 11 is 0. The molecule has 0 saturated carbocycles. The lowest BCUT2D eigenvalue weighted by molar-refractivity contribution is -0.386. The Hall–Kier alpha value is -2.35. The molecule has 0 spiro atoms. The summed E-state index contributed by atoms with van der Waals surface area (Å²) < 4.78 is 21.3. The van der Waals surface area contributed by atoms with E-state index in [0.717, 1.165) is 12.8 Å². The van der Waals surface area contributed by atoms with Gasteiger partial charge in [0.05, 0.1) is 37.4 Å². The third kappa shape index (κ3) is 7.72. The van der Waals surface area contributed by atoms with Gasteiger partial charge in [-0.2, -0.15) is 0 Å². The Labute approximate surface area is 166 Å². The molecule has 0 heterocycles. The van der Waals surface area contributed by atoms with Crippen LogP contribution in [0.2, 0.25) is 0 Å². The number of nitrogens with zero attached hydrogens (tertiary/aromatic N) is 1. The zero-order valence-corrected chi connectivity index (χ0v) is 17.5. The van der Waals surface area contributed by atoms with E-state index in [1.165, 1.54) is 33.3 Å². The van der Waals surface area contributed by atoms with Gasteiger partial charge in [-0.1, -0.05) is 33.6 Å². The SMILES string of the molecule is COc1cc(COC(CC(C)CCC(C)C)OC(C)=O)c([N+](=O)[O-])cc1OC. The maximum atomic E-state index is 11.4. The standard InChI is InChI=1S/C20H31NO7/c1-13(2)7-8-14(3)9-20(28-15(4)22)27-12-16-10-18(25-5)19(26-6)11-17(16)21(23)24/h10-11,13-14,20H,7-9,12H2,1-6H3. The number of benzene rings is 1. The Morgan fingerprint density at radius 2 is 1.71 bits per heavy atom. The molecule has 0 aromatic heterocycles. The zero-order valence-electron chi connectivity index (χ0n) is 17.5. The maximum Gasteiger partial charge on any atom is 0.304 e. The van der Waals surface area contributed by atoms with Crippen LogP contribution >= 0.6 is 0 Å². The molecule has 28 heavy (non-hydrogen) atoms. The normalized spacial score (nSPS) is 13.1. The molecule has 0 aliphatic rings. The highest BCUT2D eigenvalue weighted by Crippen LogP contribution is 2.35. The number of hydrogen-bond acceptors (Lipinski definition) is 7. The molecule has 158 valence electrons. The Morgan fingerprint density at radius 1 is 1.11 bits per heavy atom. The van der Waals surface area contributed by atoms with Crippen molar-refractivity contribution < 1.29 is 28.7 Å². The summed E-state index contributed by atoms with van der Waals surface area (Å²) in [5.74, 6) is 1.04. The first-order valence-corrected chi connectivity index (χ1v) is 9.36. The number of carbonyl (C=O) groups is 1. The topological polar surface area (TPSA) is 97.1 Å². The van der Waals surface area contributed by atoms with Gasteiger partial charge in [-0.05, 0) is 17.9 Å². The van der Waals surface area contributed by atoms with Gasteiger partial charge in [-0.15, -0.1) is 0 Å². The first-order valence-electron chi connectivity index (χ1n) is 9.36. The number of carbonyl (C=O) groups excluding carboxylic acids is 1. The lowest BCUT2D eigenvalue weighted by Gasteiger charge is -2.22. The van der Waals surface area contributed by atoms with Crippen LogP contribution in [0.5, 0.6) is 11.5 Å². The predicted molar refractivity (Wildman–Crippen MR) is 104 cm³/mol. The summed E-state index contributed by atoms with van der Waals surface area (Å²) in [5, 5.41) is 11.4. The molecule has 8 heteroatoms. The highest BCUT2D eigenvalue weighted by molar-refractivity contribution is 5.66. The van der Waals surface area contributed by atoms with Crippen LogP contribution in [-0.2, 0) is 20.9 Å². The van der Waals surface area contributed by atoms with Gasteiger partial charge >= 0.3 is 5.97 Å². The van der Waals surface area contributed by atoms with Crippen molar-refractivity contribution in [3.8, 4) is 11.5 Å². The number of nitro groups is 1. The average Bonchev–Trinajstić information content (AvgIpc) is 2.62. The minimum atomic E-state index is -0.771. The van der Waals surface area contributed by atoms with Crippen molar-refractivity contribution in [2.24, 2.45) is 11.8 Å². The first-order chi connectivity index (χ1) is 13.2. The highest BCUT2D eigenvalue weighted by atomic mass is 16.7. The van der Waals surface area contributed by atoms with Gasteiger partial charge in [0.25, 0.3) is 5.69 Å². The van der Waals surface area contributed by atoms with Gasteiger partial charge in [0.15, 0.2) is 11.5 Å². The summed E-state index contributed by atoms with van der Waals surface area (Å²) in [4.78, 5) is 22.3. The molecule has 2 atom stereocenters. The van der Waals surface area contributed by atoms with Gasteiger partial charge in [-0.3, -0.25) is 14.9 Å². The monoisotopic (exact) mass is 397 g/mol. The Bertz CT molecular complexity index is 660. The third-order valence-electron chi connectivity index (χ3n) is 4.34. The van der Waals surface area contributed by atoms with Crippen molar-refractivity contribution in [3.05, 3.63) is 27.8 Å². The van der Waals surface area contributed by atoms with E-state index in [2.05, 4.69) is 20.8 Å². The van der Waals surface area contributed by atoms with Crippen LogP contribution in [0.25, 0.3) is 0 Å². The molecule has 0 radical (unpaired) electrons. The number of nitro benzene ring substituents is 1. The van der Waals surface area contributed by atoms with Gasteiger partial charge in [-0.25, -0.2) is 0 Å². The van der Waals surface area contributed by atoms with Gasteiger partial charge < -0.3 is 18.9 Å². The van der Waals surface area contributed by atoms with Crippen LogP contribution in [0.1, 0.15) is 52.5 Å². The summed E-state index contributed by atoms with van der Waals surface area (Å²) in [6.07, 6.45) is 1.80. The predicted octanol–water partition coefficient (Wildman–Crippen LogP) is 4.48. The van der Waals surface area contributed by atoms with Gasteiger partial charge in [0.2, 0.25) is 6.29 Å². The Kier molecular flexibility index (Phi) is 9.72. The smallest absolute Gasteiger partial charge is 0.304 e. The molecule has 0 bridgehead atoms. The van der Waals surface area contributed by atoms with Gasteiger partial charge in [0.1, 0.15) is 0 Å². The molecule has 8 nitrogen and oxygen atoms in total. The van der Waals surface area contributed by atoms with E-state index < -0.39 is 17.2 Å². The van der Waals surface area contributed by atoms with E-state index in [0.29, 0.717) is 23.7 Å². The van der Waals surface area contributed by atoms with E-state index in [9.17, 15) is 14.9 Å². The van der Waals surface area contributed by atoms with Crippen molar-refractivity contribution in [3.63, 3.8) is 0 Å². The molecule has 1 aromatic rings. The summed E-state index contributed by atoms with van der Waals surface area (Å²) in [6.45, 7) is 7.60. The summed E-state index contributed by atoms with van der Waals surface area (Å²) in [7, 11) is 2.86. The Morgan fingerprint density at radius 3 is 2.21 bits per heavy atom. The van der Waals surface area contributed by atoms with Crippen molar-refractivity contribution >= 4 is 11.7 Å². The van der Waals surface area contributed by atoms with Gasteiger partial charge in [0, 0.05) is 13.3 Å². The molecular formula is C20H31NO7. The second-order valence-electron chi connectivity index (χ2n) is 7.26. The van der Waals surface area contributed by atoms with E-state index >= 15 is 0 Å². The number of hydrogen-bond donors (Lipinski definition) is 0. The van der Waals surface area contributed by atoms with Crippen LogP contribution < -0.4 is 9.47 Å². The van der Waals surface area contributed by atoms with Crippen molar-refractivity contribution in [2.75, 3.05) is 14.2 Å². The maximum absolute atomic E-state index is 11.4. The van der Waals surface area contributed by atoms with Crippen LogP contribution in [0.3, 0.4) is 0 Å². The molecule has 0 aliphatic carbocycles. The zero-order chi connectivity index (χ0) is 21.3. The van der Waals surface area contributed by atoms with E-state index in [1.54, 1.807) is 0 Å². The first kappa shape index (κ1) is 23.7. The molecule has 0 fully saturated rings. The molecule has 0 aliphatic heterocycles. The lowest BCUT2D eigenvalue weighted by Crippen LogP contribution is -2.23. The second kappa shape index (κ2) is 11.5. The number of methoxy groups -OCH3 is 2. The lowest BCUT2D eigenvalue weighted by atomic mass is 9.96.